The molecule has 0 aliphatic carbocycles. The normalized spacial score (nSPS) is 14.1. The molecule has 0 spiro atoms. The van der Waals surface area contributed by atoms with Gasteiger partial charge in [0.2, 0.25) is 0 Å². The van der Waals surface area contributed by atoms with Crippen LogP contribution >= 0.6 is 0 Å². The van der Waals surface area contributed by atoms with Crippen molar-refractivity contribution in [1.29, 1.82) is 0 Å². The molecule has 106 valence electrons. The molecule has 0 saturated heterocycles. The summed E-state index contributed by atoms with van der Waals surface area (Å²) in [6.45, 7) is 12.3. The lowest BCUT2D eigenvalue weighted by Gasteiger charge is -2.35. The Hall–Kier alpha value is -1.06. The van der Waals surface area contributed by atoms with Crippen molar-refractivity contribution in [3.8, 4) is 0 Å². The Labute approximate surface area is 110 Å². The highest BCUT2D eigenvalue weighted by Gasteiger charge is 2.32. The van der Waals surface area contributed by atoms with Gasteiger partial charge >= 0.3 is 11.9 Å². The van der Waals surface area contributed by atoms with Crippen LogP contribution in [0.5, 0.6) is 0 Å². The third-order valence-corrected chi connectivity index (χ3v) is 2.58. The van der Waals surface area contributed by atoms with Crippen LogP contribution in [0.1, 0.15) is 60.8 Å². The van der Waals surface area contributed by atoms with E-state index >= 15 is 0 Å². The Morgan fingerprint density at radius 2 is 1.56 bits per heavy atom. The number of hydrogen-bond donors (Lipinski definition) is 1. The first kappa shape index (κ1) is 16.9. The van der Waals surface area contributed by atoms with E-state index in [9.17, 15) is 9.59 Å². The third kappa shape index (κ3) is 8.09. The lowest BCUT2D eigenvalue weighted by atomic mass is 9.78. The molecule has 0 aliphatic rings. The molecule has 0 rings (SSSR count). The molecule has 0 saturated carbocycles. The highest BCUT2D eigenvalue weighted by molar-refractivity contribution is 5.76. The van der Waals surface area contributed by atoms with Gasteiger partial charge in [0.25, 0.3) is 0 Å². The van der Waals surface area contributed by atoms with E-state index in [1.54, 1.807) is 0 Å². The molecule has 0 aromatic carbocycles. The van der Waals surface area contributed by atoms with Crippen LogP contribution in [0.15, 0.2) is 0 Å². The van der Waals surface area contributed by atoms with Gasteiger partial charge in [-0.1, -0.05) is 41.5 Å². The Bertz CT molecular complexity index is 294. The average Bonchev–Trinajstić information content (AvgIpc) is 2.10. The monoisotopic (exact) mass is 258 g/mol. The summed E-state index contributed by atoms with van der Waals surface area (Å²) in [5, 5.41) is 8.54. The van der Waals surface area contributed by atoms with Crippen LogP contribution in [0.25, 0.3) is 0 Å². The van der Waals surface area contributed by atoms with Crippen LogP contribution in [0.3, 0.4) is 0 Å². The second kappa shape index (κ2) is 6.21. The SMILES string of the molecule is CC(C)(C)CC(OC(=O)CCC(=O)O)C(C)(C)C. The summed E-state index contributed by atoms with van der Waals surface area (Å²) in [6.07, 6.45) is 0.325. The molecule has 0 aromatic heterocycles. The van der Waals surface area contributed by atoms with E-state index in [4.69, 9.17) is 9.84 Å². The number of ether oxygens (including phenoxy) is 1. The lowest BCUT2D eigenvalue weighted by Crippen LogP contribution is -2.35. The molecule has 1 unspecified atom stereocenters. The topological polar surface area (TPSA) is 63.6 Å². The van der Waals surface area contributed by atoms with Gasteiger partial charge in [-0.3, -0.25) is 9.59 Å². The number of rotatable bonds is 5. The summed E-state index contributed by atoms with van der Waals surface area (Å²) < 4.78 is 5.44. The van der Waals surface area contributed by atoms with E-state index in [0.29, 0.717) is 0 Å². The zero-order chi connectivity index (χ0) is 14.6. The van der Waals surface area contributed by atoms with E-state index in [0.717, 1.165) is 6.42 Å². The standard InChI is InChI=1S/C14H26O4/c1-13(2,3)9-10(14(4,5)6)18-12(17)8-7-11(15)16/h10H,7-9H2,1-6H3,(H,15,16). The Morgan fingerprint density at radius 3 is 1.89 bits per heavy atom. The average molecular weight is 258 g/mol. The van der Waals surface area contributed by atoms with E-state index in [2.05, 4.69) is 20.8 Å². The zero-order valence-electron chi connectivity index (χ0n) is 12.4. The minimum atomic E-state index is -0.977. The highest BCUT2D eigenvalue weighted by Crippen LogP contribution is 2.33. The van der Waals surface area contributed by atoms with Gasteiger partial charge in [-0.25, -0.2) is 0 Å². The van der Waals surface area contributed by atoms with Crippen molar-refractivity contribution >= 4 is 11.9 Å². The van der Waals surface area contributed by atoms with Gasteiger partial charge < -0.3 is 9.84 Å². The van der Waals surface area contributed by atoms with Crippen molar-refractivity contribution in [2.75, 3.05) is 0 Å². The number of carboxylic acid groups (broad SMARTS) is 1. The minimum absolute atomic E-state index is 0.0605. The summed E-state index contributed by atoms with van der Waals surface area (Å²) in [7, 11) is 0. The van der Waals surface area contributed by atoms with Crippen LogP contribution in [-0.2, 0) is 14.3 Å². The van der Waals surface area contributed by atoms with Crippen LogP contribution in [0, 0.1) is 10.8 Å². The summed E-state index contributed by atoms with van der Waals surface area (Å²) in [5.41, 5.74) is -0.0861. The maximum absolute atomic E-state index is 11.6. The first-order chi connectivity index (χ1) is 7.92. The van der Waals surface area contributed by atoms with Crippen molar-refractivity contribution in [2.24, 2.45) is 10.8 Å². The van der Waals surface area contributed by atoms with Crippen molar-refractivity contribution in [3.63, 3.8) is 0 Å². The number of carboxylic acids is 1. The molecule has 0 radical (unpaired) electrons. The minimum Gasteiger partial charge on any atom is -0.481 e. The molecule has 0 amide bonds. The second-order valence-corrected chi connectivity index (χ2v) is 7.00. The van der Waals surface area contributed by atoms with Gasteiger partial charge in [0.15, 0.2) is 0 Å². The van der Waals surface area contributed by atoms with E-state index in [1.165, 1.54) is 0 Å². The fourth-order valence-electron chi connectivity index (χ4n) is 1.51. The molecule has 0 bridgehead atoms. The molecule has 0 aromatic rings. The van der Waals surface area contributed by atoms with Gasteiger partial charge in [-0.2, -0.15) is 0 Å². The summed E-state index contributed by atoms with van der Waals surface area (Å²) in [4.78, 5) is 22.0. The molecule has 18 heavy (non-hydrogen) atoms. The number of aliphatic carboxylic acids is 1. The number of carbonyl (C=O) groups excluding carboxylic acids is 1. The lowest BCUT2D eigenvalue weighted by molar-refractivity contribution is -0.158. The van der Waals surface area contributed by atoms with Crippen LogP contribution in [-0.4, -0.2) is 23.1 Å². The summed E-state index contributed by atoms with van der Waals surface area (Å²) in [6, 6.07) is 0. The van der Waals surface area contributed by atoms with Crippen molar-refractivity contribution in [1.82, 2.24) is 0 Å². The summed E-state index contributed by atoms with van der Waals surface area (Å²) in [5.74, 6) is -1.41. The second-order valence-electron chi connectivity index (χ2n) is 7.00. The van der Waals surface area contributed by atoms with Crippen molar-refractivity contribution < 1.29 is 19.4 Å². The van der Waals surface area contributed by atoms with Crippen LogP contribution in [0.2, 0.25) is 0 Å². The number of carbonyl (C=O) groups is 2. The molecular weight excluding hydrogens is 232 g/mol. The maximum Gasteiger partial charge on any atom is 0.306 e. The molecule has 0 aliphatic heterocycles. The first-order valence-corrected chi connectivity index (χ1v) is 6.33. The quantitative estimate of drug-likeness (QED) is 0.769. The van der Waals surface area contributed by atoms with Crippen molar-refractivity contribution in [2.45, 2.75) is 66.9 Å². The van der Waals surface area contributed by atoms with Gasteiger partial charge in [0, 0.05) is 0 Å². The van der Waals surface area contributed by atoms with Gasteiger partial charge in [-0.15, -0.1) is 0 Å². The smallest absolute Gasteiger partial charge is 0.306 e. The first-order valence-electron chi connectivity index (χ1n) is 6.33. The molecule has 1 atom stereocenters. The third-order valence-electron chi connectivity index (χ3n) is 2.58. The fourth-order valence-corrected chi connectivity index (χ4v) is 1.51. The van der Waals surface area contributed by atoms with Gasteiger partial charge in [-0.05, 0) is 17.3 Å². The van der Waals surface area contributed by atoms with Crippen LogP contribution in [0.4, 0.5) is 0 Å². The van der Waals surface area contributed by atoms with E-state index in [-0.39, 0.29) is 29.8 Å². The predicted octanol–water partition coefficient (Wildman–Crippen LogP) is 3.25. The molecule has 4 heteroatoms. The predicted molar refractivity (Wildman–Crippen MR) is 70.3 cm³/mol. The largest absolute Gasteiger partial charge is 0.481 e. The van der Waals surface area contributed by atoms with Crippen molar-refractivity contribution in [3.05, 3.63) is 0 Å². The maximum atomic E-state index is 11.6. The zero-order valence-corrected chi connectivity index (χ0v) is 12.4. The van der Waals surface area contributed by atoms with E-state index in [1.807, 2.05) is 20.8 Å². The molecule has 4 nitrogen and oxygen atoms in total. The summed E-state index contributed by atoms with van der Waals surface area (Å²) >= 11 is 0. The number of hydrogen-bond acceptors (Lipinski definition) is 3. The molecular formula is C14H26O4. The molecule has 1 N–H and O–H groups in total. The Balaban J connectivity index is 4.52. The van der Waals surface area contributed by atoms with Gasteiger partial charge in [0.05, 0.1) is 12.8 Å². The number of esters is 1. The van der Waals surface area contributed by atoms with E-state index < -0.39 is 11.9 Å². The van der Waals surface area contributed by atoms with Gasteiger partial charge in [0.1, 0.15) is 6.10 Å². The van der Waals surface area contributed by atoms with Crippen LogP contribution < -0.4 is 0 Å². The molecule has 0 heterocycles. The Kier molecular flexibility index (Phi) is 5.84. The fraction of sp³-hybridized carbons (Fsp3) is 0.857. The molecule has 0 fully saturated rings. The highest BCUT2D eigenvalue weighted by atomic mass is 16.5. The Morgan fingerprint density at radius 1 is 1.06 bits per heavy atom.